The first-order valence-electron chi connectivity index (χ1n) is 5.29. The van der Waals surface area contributed by atoms with Gasteiger partial charge < -0.3 is 0 Å². The van der Waals surface area contributed by atoms with Crippen molar-refractivity contribution in [3.63, 3.8) is 0 Å². The highest BCUT2D eigenvalue weighted by Gasteiger charge is 2.29. The molecular weight excluding hydrogens is 160 g/mol. The summed E-state index contributed by atoms with van der Waals surface area (Å²) in [7, 11) is 0. The van der Waals surface area contributed by atoms with E-state index in [-0.39, 0.29) is 0 Å². The molecule has 0 radical (unpaired) electrons. The molecule has 1 aliphatic rings. The third-order valence-electron chi connectivity index (χ3n) is 3.06. The molecule has 1 heterocycles. The van der Waals surface area contributed by atoms with Gasteiger partial charge in [-0.2, -0.15) is 5.26 Å². The normalized spacial score (nSPS) is 26.2. The zero-order valence-electron chi connectivity index (χ0n) is 8.95. The van der Waals surface area contributed by atoms with E-state index in [1.165, 1.54) is 19.4 Å². The van der Waals surface area contributed by atoms with Crippen molar-refractivity contribution in [1.29, 1.82) is 5.26 Å². The third kappa shape index (κ3) is 2.45. The number of hydrogen-bond acceptors (Lipinski definition) is 2. The molecule has 74 valence electrons. The molecule has 0 spiro atoms. The minimum absolute atomic E-state index is 0.444. The highest BCUT2D eigenvalue weighted by Crippen LogP contribution is 2.26. The Morgan fingerprint density at radius 2 is 2.15 bits per heavy atom. The van der Waals surface area contributed by atoms with Crippen LogP contribution in [0, 0.1) is 17.2 Å². The van der Waals surface area contributed by atoms with Crippen LogP contribution in [0.3, 0.4) is 0 Å². The van der Waals surface area contributed by atoms with E-state index >= 15 is 0 Å². The molecule has 0 aromatic rings. The van der Waals surface area contributed by atoms with Crippen molar-refractivity contribution in [2.45, 2.75) is 52.1 Å². The Hall–Kier alpha value is -0.550. The van der Waals surface area contributed by atoms with Gasteiger partial charge in [0, 0.05) is 12.1 Å². The van der Waals surface area contributed by atoms with Crippen molar-refractivity contribution in [3.05, 3.63) is 0 Å². The molecule has 0 aromatic carbocycles. The molecule has 2 heteroatoms. The summed E-state index contributed by atoms with van der Waals surface area (Å²) in [4.78, 5) is 2.51. The molecule has 0 N–H and O–H groups in total. The second-order valence-electron chi connectivity index (χ2n) is 4.40. The smallest absolute Gasteiger partial charge is 0.0638 e. The molecule has 0 aromatic heterocycles. The fourth-order valence-electron chi connectivity index (χ4n) is 2.33. The SMILES string of the molecule is CC(C)C1CCCN1C(C)CC#N. The van der Waals surface area contributed by atoms with E-state index in [9.17, 15) is 0 Å². The van der Waals surface area contributed by atoms with E-state index in [0.29, 0.717) is 18.5 Å². The lowest BCUT2D eigenvalue weighted by Crippen LogP contribution is -2.39. The summed E-state index contributed by atoms with van der Waals surface area (Å²) in [5.74, 6) is 0.726. The molecular formula is C11H20N2. The number of hydrogen-bond donors (Lipinski definition) is 0. The van der Waals surface area contributed by atoms with Gasteiger partial charge in [-0.05, 0) is 32.2 Å². The topological polar surface area (TPSA) is 27.0 Å². The average Bonchev–Trinajstić information content (AvgIpc) is 2.52. The summed E-state index contributed by atoms with van der Waals surface area (Å²) in [5.41, 5.74) is 0. The molecule has 1 rings (SSSR count). The Balaban J connectivity index is 2.53. The van der Waals surface area contributed by atoms with Crippen LogP contribution in [0.4, 0.5) is 0 Å². The van der Waals surface area contributed by atoms with Crippen LogP contribution in [-0.2, 0) is 0 Å². The lowest BCUT2D eigenvalue weighted by molar-refractivity contribution is 0.157. The van der Waals surface area contributed by atoms with Gasteiger partial charge in [0.25, 0.3) is 0 Å². The Labute approximate surface area is 81.5 Å². The second-order valence-corrected chi connectivity index (χ2v) is 4.40. The van der Waals surface area contributed by atoms with E-state index < -0.39 is 0 Å². The van der Waals surface area contributed by atoms with Crippen molar-refractivity contribution in [3.8, 4) is 6.07 Å². The van der Waals surface area contributed by atoms with E-state index in [1.807, 2.05) is 0 Å². The van der Waals surface area contributed by atoms with Crippen LogP contribution in [0.1, 0.15) is 40.0 Å². The molecule has 2 nitrogen and oxygen atoms in total. The molecule has 1 saturated heterocycles. The Kier molecular flexibility index (Phi) is 3.74. The molecule has 1 fully saturated rings. The van der Waals surface area contributed by atoms with Crippen molar-refractivity contribution in [2.75, 3.05) is 6.54 Å². The van der Waals surface area contributed by atoms with E-state index in [0.717, 1.165) is 5.92 Å². The number of nitrogens with zero attached hydrogens (tertiary/aromatic N) is 2. The van der Waals surface area contributed by atoms with Crippen LogP contribution in [0.25, 0.3) is 0 Å². The van der Waals surface area contributed by atoms with Crippen molar-refractivity contribution in [2.24, 2.45) is 5.92 Å². The van der Waals surface area contributed by atoms with Crippen LogP contribution < -0.4 is 0 Å². The van der Waals surface area contributed by atoms with Crippen molar-refractivity contribution < 1.29 is 0 Å². The fraction of sp³-hybridized carbons (Fsp3) is 0.909. The Bertz CT molecular complexity index is 193. The minimum atomic E-state index is 0.444. The highest BCUT2D eigenvalue weighted by molar-refractivity contribution is 4.88. The van der Waals surface area contributed by atoms with Gasteiger partial charge in [-0.3, -0.25) is 4.90 Å². The molecule has 0 bridgehead atoms. The zero-order chi connectivity index (χ0) is 9.84. The van der Waals surface area contributed by atoms with Gasteiger partial charge in [0.05, 0.1) is 12.5 Å². The van der Waals surface area contributed by atoms with E-state index in [1.54, 1.807) is 0 Å². The van der Waals surface area contributed by atoms with Crippen LogP contribution in [-0.4, -0.2) is 23.5 Å². The summed E-state index contributed by atoms with van der Waals surface area (Å²) in [5, 5.41) is 8.65. The summed E-state index contributed by atoms with van der Waals surface area (Å²) < 4.78 is 0. The Morgan fingerprint density at radius 3 is 2.69 bits per heavy atom. The zero-order valence-corrected chi connectivity index (χ0v) is 8.95. The maximum absolute atomic E-state index is 8.65. The fourth-order valence-corrected chi connectivity index (χ4v) is 2.33. The predicted octanol–water partition coefficient (Wildman–Crippen LogP) is 2.41. The first-order chi connectivity index (χ1) is 6.16. The van der Waals surface area contributed by atoms with Crippen LogP contribution in [0.15, 0.2) is 0 Å². The predicted molar refractivity (Wildman–Crippen MR) is 54.3 cm³/mol. The largest absolute Gasteiger partial charge is 0.296 e. The van der Waals surface area contributed by atoms with Gasteiger partial charge in [-0.1, -0.05) is 13.8 Å². The number of nitriles is 1. The molecule has 2 unspecified atom stereocenters. The molecule has 13 heavy (non-hydrogen) atoms. The molecule has 1 aliphatic heterocycles. The molecule has 0 saturated carbocycles. The van der Waals surface area contributed by atoms with Crippen LogP contribution in [0.2, 0.25) is 0 Å². The molecule has 0 amide bonds. The first-order valence-corrected chi connectivity index (χ1v) is 5.29. The summed E-state index contributed by atoms with van der Waals surface area (Å²) in [6.45, 7) is 7.92. The standard InChI is InChI=1S/C11H20N2/c1-9(2)11-5-4-8-13(11)10(3)6-7-12/h9-11H,4-6,8H2,1-3H3. The highest BCUT2D eigenvalue weighted by atomic mass is 15.2. The molecule has 0 aliphatic carbocycles. The summed E-state index contributed by atoms with van der Waals surface area (Å²) in [6, 6.07) is 3.42. The van der Waals surface area contributed by atoms with Crippen molar-refractivity contribution in [1.82, 2.24) is 4.90 Å². The number of likely N-dealkylation sites (tertiary alicyclic amines) is 1. The van der Waals surface area contributed by atoms with Gasteiger partial charge in [0.1, 0.15) is 0 Å². The monoisotopic (exact) mass is 180 g/mol. The van der Waals surface area contributed by atoms with E-state index in [2.05, 4.69) is 31.7 Å². The lowest BCUT2D eigenvalue weighted by atomic mass is 10.0. The van der Waals surface area contributed by atoms with Crippen LogP contribution >= 0.6 is 0 Å². The van der Waals surface area contributed by atoms with Crippen LogP contribution in [0.5, 0.6) is 0 Å². The Morgan fingerprint density at radius 1 is 1.46 bits per heavy atom. The first kappa shape index (κ1) is 10.5. The lowest BCUT2D eigenvalue weighted by Gasteiger charge is -2.31. The second kappa shape index (κ2) is 4.62. The molecule has 2 atom stereocenters. The van der Waals surface area contributed by atoms with E-state index in [4.69, 9.17) is 5.26 Å². The maximum atomic E-state index is 8.65. The van der Waals surface area contributed by atoms with Gasteiger partial charge in [-0.25, -0.2) is 0 Å². The van der Waals surface area contributed by atoms with Gasteiger partial charge in [-0.15, -0.1) is 0 Å². The van der Waals surface area contributed by atoms with Gasteiger partial charge >= 0.3 is 0 Å². The average molecular weight is 180 g/mol. The van der Waals surface area contributed by atoms with Gasteiger partial charge in [0.2, 0.25) is 0 Å². The van der Waals surface area contributed by atoms with Gasteiger partial charge in [0.15, 0.2) is 0 Å². The minimum Gasteiger partial charge on any atom is -0.296 e. The quantitative estimate of drug-likeness (QED) is 0.667. The number of rotatable bonds is 3. The summed E-state index contributed by atoms with van der Waals surface area (Å²) in [6.07, 6.45) is 3.29. The third-order valence-corrected chi connectivity index (χ3v) is 3.06. The maximum Gasteiger partial charge on any atom is 0.0638 e. The summed E-state index contributed by atoms with van der Waals surface area (Å²) >= 11 is 0. The van der Waals surface area contributed by atoms with Crippen molar-refractivity contribution >= 4 is 0 Å².